The zero-order chi connectivity index (χ0) is 19.6. The van der Waals surface area contributed by atoms with Gasteiger partial charge in [0.25, 0.3) is 5.91 Å². The molecule has 0 bridgehead atoms. The third-order valence-corrected chi connectivity index (χ3v) is 4.60. The number of rotatable bonds is 5. The lowest BCUT2D eigenvalue weighted by atomic mass is 9.99. The van der Waals surface area contributed by atoms with Crippen molar-refractivity contribution in [2.45, 2.75) is 13.0 Å². The van der Waals surface area contributed by atoms with Crippen LogP contribution in [0, 0.1) is 0 Å². The highest BCUT2D eigenvalue weighted by Gasteiger charge is 2.45. The molecule has 1 N–H and O–H groups in total. The lowest BCUT2D eigenvalue weighted by Crippen LogP contribution is -2.31. The van der Waals surface area contributed by atoms with Gasteiger partial charge in [0.15, 0.2) is 5.76 Å². The summed E-state index contributed by atoms with van der Waals surface area (Å²) < 4.78 is 10.2. The standard InChI is InChI=1S/C20H18ClNO5/c1-3-27-20(25)16-17(14-6-4-5-7-15(14)21)22(19(24)18(16)23)12-8-10-13(26-2)11-9-12/h4-11,17,23H,3H2,1-2H3. The van der Waals surface area contributed by atoms with Gasteiger partial charge in [-0.15, -0.1) is 0 Å². The molecule has 1 aliphatic rings. The molecule has 0 radical (unpaired) electrons. The van der Waals surface area contributed by atoms with Crippen LogP contribution >= 0.6 is 11.6 Å². The second-order valence-corrected chi connectivity index (χ2v) is 6.19. The van der Waals surface area contributed by atoms with Crippen LogP contribution in [0.1, 0.15) is 18.5 Å². The van der Waals surface area contributed by atoms with Crippen molar-refractivity contribution in [3.8, 4) is 5.75 Å². The molecule has 0 fully saturated rings. The average molecular weight is 388 g/mol. The highest BCUT2D eigenvalue weighted by atomic mass is 35.5. The maximum atomic E-state index is 12.8. The van der Waals surface area contributed by atoms with E-state index in [0.29, 0.717) is 22.0 Å². The number of aliphatic hydroxyl groups excluding tert-OH is 1. The van der Waals surface area contributed by atoms with Gasteiger partial charge in [-0.25, -0.2) is 4.79 Å². The van der Waals surface area contributed by atoms with Gasteiger partial charge in [-0.05, 0) is 42.8 Å². The molecule has 0 aliphatic carbocycles. The molecule has 1 heterocycles. The number of carbonyl (C=O) groups is 2. The molecule has 0 saturated carbocycles. The summed E-state index contributed by atoms with van der Waals surface area (Å²) in [5, 5.41) is 10.8. The van der Waals surface area contributed by atoms with Crippen molar-refractivity contribution >= 4 is 29.2 Å². The van der Waals surface area contributed by atoms with E-state index in [1.54, 1.807) is 55.5 Å². The minimum absolute atomic E-state index is 0.113. The van der Waals surface area contributed by atoms with Crippen LogP contribution in [0.5, 0.6) is 5.75 Å². The van der Waals surface area contributed by atoms with Gasteiger partial charge < -0.3 is 14.6 Å². The van der Waals surface area contributed by atoms with Crippen LogP contribution in [0.4, 0.5) is 5.69 Å². The van der Waals surface area contributed by atoms with Gasteiger partial charge in [0, 0.05) is 10.7 Å². The summed E-state index contributed by atoms with van der Waals surface area (Å²) in [7, 11) is 1.54. The van der Waals surface area contributed by atoms with Gasteiger partial charge >= 0.3 is 5.97 Å². The topological polar surface area (TPSA) is 76.1 Å². The number of nitrogens with zero attached hydrogens (tertiary/aromatic N) is 1. The van der Waals surface area contributed by atoms with E-state index in [1.807, 2.05) is 0 Å². The first-order chi connectivity index (χ1) is 13.0. The van der Waals surface area contributed by atoms with Crippen LogP contribution in [-0.4, -0.2) is 30.7 Å². The van der Waals surface area contributed by atoms with Gasteiger partial charge in [-0.2, -0.15) is 0 Å². The predicted octanol–water partition coefficient (Wildman–Crippen LogP) is 3.81. The van der Waals surface area contributed by atoms with Crippen molar-refractivity contribution < 1.29 is 24.2 Å². The first-order valence-electron chi connectivity index (χ1n) is 8.31. The number of hydrogen-bond donors (Lipinski definition) is 1. The normalized spacial score (nSPS) is 16.6. The van der Waals surface area contributed by atoms with Gasteiger partial charge in [-0.1, -0.05) is 29.8 Å². The summed E-state index contributed by atoms with van der Waals surface area (Å²) in [4.78, 5) is 26.6. The minimum Gasteiger partial charge on any atom is -0.503 e. The predicted molar refractivity (Wildman–Crippen MR) is 101 cm³/mol. The SMILES string of the molecule is CCOC(=O)C1=C(O)C(=O)N(c2ccc(OC)cc2)C1c1ccccc1Cl. The van der Waals surface area contributed by atoms with E-state index < -0.39 is 23.7 Å². The molecule has 27 heavy (non-hydrogen) atoms. The zero-order valence-corrected chi connectivity index (χ0v) is 15.6. The van der Waals surface area contributed by atoms with E-state index in [-0.39, 0.29) is 12.2 Å². The van der Waals surface area contributed by atoms with Crippen LogP contribution in [-0.2, 0) is 14.3 Å². The molecule has 7 heteroatoms. The van der Waals surface area contributed by atoms with E-state index in [9.17, 15) is 14.7 Å². The molecule has 1 atom stereocenters. The van der Waals surface area contributed by atoms with E-state index in [2.05, 4.69) is 0 Å². The van der Waals surface area contributed by atoms with Crippen LogP contribution in [0.25, 0.3) is 0 Å². The molecule has 6 nitrogen and oxygen atoms in total. The Labute approximate surface area is 161 Å². The number of amides is 1. The number of aliphatic hydroxyl groups is 1. The van der Waals surface area contributed by atoms with Crippen molar-refractivity contribution in [2.75, 3.05) is 18.6 Å². The molecule has 2 aromatic rings. The zero-order valence-electron chi connectivity index (χ0n) is 14.8. The second-order valence-electron chi connectivity index (χ2n) is 5.78. The van der Waals surface area contributed by atoms with Crippen molar-refractivity contribution in [2.24, 2.45) is 0 Å². The number of anilines is 1. The van der Waals surface area contributed by atoms with Crippen molar-refractivity contribution in [1.82, 2.24) is 0 Å². The lowest BCUT2D eigenvalue weighted by molar-refractivity contribution is -0.139. The molecule has 0 spiro atoms. The Bertz CT molecular complexity index is 907. The van der Waals surface area contributed by atoms with Crippen molar-refractivity contribution in [3.63, 3.8) is 0 Å². The Morgan fingerprint density at radius 1 is 1.19 bits per heavy atom. The number of hydrogen-bond acceptors (Lipinski definition) is 5. The van der Waals surface area contributed by atoms with Crippen molar-refractivity contribution in [1.29, 1.82) is 0 Å². The smallest absolute Gasteiger partial charge is 0.340 e. The fourth-order valence-electron chi connectivity index (χ4n) is 3.02. The molecule has 2 aromatic carbocycles. The average Bonchev–Trinajstić information content (AvgIpc) is 2.93. The van der Waals surface area contributed by atoms with Crippen LogP contribution in [0.3, 0.4) is 0 Å². The van der Waals surface area contributed by atoms with Crippen LogP contribution in [0.15, 0.2) is 59.9 Å². The Kier molecular flexibility index (Phi) is 5.37. The monoisotopic (exact) mass is 387 g/mol. The molecular weight excluding hydrogens is 370 g/mol. The Hall–Kier alpha value is -2.99. The van der Waals surface area contributed by atoms with Gasteiger partial charge in [0.1, 0.15) is 17.4 Å². The highest BCUT2D eigenvalue weighted by Crippen LogP contribution is 2.43. The maximum Gasteiger partial charge on any atom is 0.340 e. The number of benzene rings is 2. The molecule has 0 saturated heterocycles. The van der Waals surface area contributed by atoms with E-state index in [4.69, 9.17) is 21.1 Å². The summed E-state index contributed by atoms with van der Waals surface area (Å²) in [6, 6.07) is 12.7. The van der Waals surface area contributed by atoms with Gasteiger partial charge in [0.05, 0.1) is 13.7 Å². The van der Waals surface area contributed by atoms with E-state index in [1.165, 1.54) is 12.0 Å². The molecule has 1 amide bonds. The quantitative estimate of drug-likeness (QED) is 0.789. The number of carbonyl (C=O) groups excluding carboxylic acids is 2. The van der Waals surface area contributed by atoms with Crippen LogP contribution < -0.4 is 9.64 Å². The Morgan fingerprint density at radius 2 is 1.85 bits per heavy atom. The fraction of sp³-hybridized carbons (Fsp3) is 0.200. The van der Waals surface area contributed by atoms with E-state index in [0.717, 1.165) is 0 Å². The summed E-state index contributed by atoms with van der Waals surface area (Å²) in [6.45, 7) is 1.76. The summed E-state index contributed by atoms with van der Waals surface area (Å²) >= 11 is 6.33. The molecule has 0 aromatic heterocycles. The number of esters is 1. The van der Waals surface area contributed by atoms with E-state index >= 15 is 0 Å². The molecule has 1 unspecified atom stereocenters. The molecule has 3 rings (SSSR count). The number of ether oxygens (including phenoxy) is 2. The maximum absolute atomic E-state index is 12.8. The molecular formula is C20H18ClNO5. The molecule has 140 valence electrons. The first-order valence-corrected chi connectivity index (χ1v) is 8.69. The number of methoxy groups -OCH3 is 1. The highest BCUT2D eigenvalue weighted by molar-refractivity contribution is 6.31. The van der Waals surface area contributed by atoms with Gasteiger partial charge in [0.2, 0.25) is 0 Å². The summed E-state index contributed by atoms with van der Waals surface area (Å²) in [5.74, 6) is -1.49. The second kappa shape index (κ2) is 7.72. The number of halogens is 1. The third-order valence-electron chi connectivity index (χ3n) is 4.25. The third kappa shape index (κ3) is 3.36. The molecule has 1 aliphatic heterocycles. The van der Waals surface area contributed by atoms with Crippen LogP contribution in [0.2, 0.25) is 5.02 Å². The first kappa shape index (κ1) is 18.8. The minimum atomic E-state index is -0.904. The fourth-order valence-corrected chi connectivity index (χ4v) is 3.26. The lowest BCUT2D eigenvalue weighted by Gasteiger charge is -2.27. The van der Waals surface area contributed by atoms with Crippen molar-refractivity contribution in [3.05, 3.63) is 70.4 Å². The summed E-state index contributed by atoms with van der Waals surface area (Å²) in [6.07, 6.45) is 0. The summed E-state index contributed by atoms with van der Waals surface area (Å²) in [5.41, 5.74) is 0.859. The Balaban J connectivity index is 2.15. The Morgan fingerprint density at radius 3 is 2.44 bits per heavy atom. The largest absolute Gasteiger partial charge is 0.503 e. The van der Waals surface area contributed by atoms with Gasteiger partial charge in [-0.3, -0.25) is 9.69 Å².